The number of carbonyl (C=O) groups is 2. The molecule has 0 aliphatic heterocycles. The fourth-order valence-electron chi connectivity index (χ4n) is 2.10. The fourth-order valence-corrected chi connectivity index (χ4v) is 2.30. The number of nitrogens with one attached hydrogen (secondary N) is 2. The molecule has 0 saturated heterocycles. The minimum atomic E-state index is -0.183. The Morgan fingerprint density at radius 2 is 1.65 bits per heavy atom. The van der Waals surface area contributed by atoms with Gasteiger partial charge in [-0.3, -0.25) is 9.59 Å². The average Bonchev–Trinajstić information content (AvgIpc) is 2.49. The van der Waals surface area contributed by atoms with Crippen molar-refractivity contribution in [2.24, 2.45) is 0 Å². The minimum Gasteiger partial charge on any atom is -0.496 e. The summed E-state index contributed by atoms with van der Waals surface area (Å²) in [5.74, 6) is 0.290. The zero-order chi connectivity index (χ0) is 16.8. The van der Waals surface area contributed by atoms with Crippen molar-refractivity contribution in [3.63, 3.8) is 0 Å². The molecule has 6 heteroatoms. The smallest absolute Gasteiger partial charge is 0.228 e. The van der Waals surface area contributed by atoms with E-state index in [1.54, 1.807) is 49.6 Å². The van der Waals surface area contributed by atoms with Crippen LogP contribution in [0, 0.1) is 0 Å². The molecule has 0 fully saturated rings. The number of hydrogen-bond acceptors (Lipinski definition) is 3. The molecular weight excluding hydrogens is 316 g/mol. The number of rotatable bonds is 5. The molecule has 0 atom stereocenters. The van der Waals surface area contributed by atoms with Crippen LogP contribution in [0.5, 0.6) is 5.75 Å². The van der Waals surface area contributed by atoms with Crippen molar-refractivity contribution in [3.05, 3.63) is 53.1 Å². The second-order valence-electron chi connectivity index (χ2n) is 4.94. The highest BCUT2D eigenvalue weighted by atomic mass is 35.5. The highest BCUT2D eigenvalue weighted by molar-refractivity contribution is 6.30. The molecule has 2 rings (SSSR count). The first-order chi connectivity index (χ1) is 11.0. The van der Waals surface area contributed by atoms with Crippen LogP contribution in [0.3, 0.4) is 0 Å². The molecule has 2 amide bonds. The molecule has 2 N–H and O–H groups in total. The molecule has 0 aromatic heterocycles. The zero-order valence-electron chi connectivity index (χ0n) is 12.9. The van der Waals surface area contributed by atoms with E-state index in [1.807, 2.05) is 0 Å². The van der Waals surface area contributed by atoms with E-state index in [9.17, 15) is 9.59 Å². The molecule has 5 nitrogen and oxygen atoms in total. The molecule has 0 aliphatic carbocycles. The lowest BCUT2D eigenvalue weighted by Gasteiger charge is -2.10. The van der Waals surface area contributed by atoms with Crippen LogP contribution in [0.1, 0.15) is 12.5 Å². The van der Waals surface area contributed by atoms with Gasteiger partial charge in [0.2, 0.25) is 11.8 Å². The van der Waals surface area contributed by atoms with Gasteiger partial charge in [-0.2, -0.15) is 0 Å². The van der Waals surface area contributed by atoms with Gasteiger partial charge in [-0.25, -0.2) is 0 Å². The van der Waals surface area contributed by atoms with Gasteiger partial charge in [-0.05, 0) is 42.5 Å². The van der Waals surface area contributed by atoms with Gasteiger partial charge >= 0.3 is 0 Å². The maximum absolute atomic E-state index is 12.1. The van der Waals surface area contributed by atoms with Crippen LogP contribution < -0.4 is 15.4 Å². The van der Waals surface area contributed by atoms with Crippen molar-refractivity contribution in [2.75, 3.05) is 17.7 Å². The number of ether oxygens (including phenoxy) is 1. The van der Waals surface area contributed by atoms with Crippen molar-refractivity contribution in [1.82, 2.24) is 0 Å². The lowest BCUT2D eigenvalue weighted by atomic mass is 10.1. The molecule has 0 unspecified atom stereocenters. The zero-order valence-corrected chi connectivity index (χ0v) is 13.6. The van der Waals surface area contributed by atoms with Crippen LogP contribution in [-0.2, 0) is 16.0 Å². The van der Waals surface area contributed by atoms with E-state index < -0.39 is 0 Å². The van der Waals surface area contributed by atoms with E-state index >= 15 is 0 Å². The maximum atomic E-state index is 12.1. The lowest BCUT2D eigenvalue weighted by molar-refractivity contribution is -0.116. The number of anilines is 2. The third-order valence-electron chi connectivity index (χ3n) is 3.08. The number of methoxy groups -OCH3 is 1. The standard InChI is InChI=1S/C17H17ClN2O3/c1-11(21)19-14-4-6-15(7-5-14)20-17(22)10-12-9-13(18)3-8-16(12)23-2/h3-9H,10H2,1-2H3,(H,19,21)(H,20,22). The summed E-state index contributed by atoms with van der Waals surface area (Å²) in [6, 6.07) is 12.0. The fraction of sp³-hybridized carbons (Fsp3) is 0.176. The van der Waals surface area contributed by atoms with E-state index in [4.69, 9.17) is 16.3 Å². The Bertz CT molecular complexity index is 714. The van der Waals surface area contributed by atoms with Gasteiger partial charge in [0.05, 0.1) is 13.5 Å². The van der Waals surface area contributed by atoms with Crippen molar-refractivity contribution in [2.45, 2.75) is 13.3 Å². The van der Waals surface area contributed by atoms with Gasteiger partial charge in [0.1, 0.15) is 5.75 Å². The number of carbonyl (C=O) groups excluding carboxylic acids is 2. The van der Waals surface area contributed by atoms with Crippen LogP contribution in [0.4, 0.5) is 11.4 Å². The van der Waals surface area contributed by atoms with Gasteiger partial charge in [0.25, 0.3) is 0 Å². The predicted molar refractivity (Wildman–Crippen MR) is 91.1 cm³/mol. The van der Waals surface area contributed by atoms with E-state index in [2.05, 4.69) is 10.6 Å². The molecule has 0 radical (unpaired) electrons. The summed E-state index contributed by atoms with van der Waals surface area (Å²) in [4.78, 5) is 23.1. The first kappa shape index (κ1) is 16.8. The normalized spacial score (nSPS) is 10.0. The van der Waals surface area contributed by atoms with Crippen LogP contribution >= 0.6 is 11.6 Å². The molecule has 2 aromatic rings. The molecule has 0 saturated carbocycles. The molecule has 0 heterocycles. The SMILES string of the molecule is COc1ccc(Cl)cc1CC(=O)Nc1ccc(NC(C)=O)cc1. The second kappa shape index (κ2) is 7.65. The predicted octanol–water partition coefficient (Wildman–Crippen LogP) is 3.49. The van der Waals surface area contributed by atoms with Gasteiger partial charge < -0.3 is 15.4 Å². The number of hydrogen-bond donors (Lipinski definition) is 2. The van der Waals surface area contributed by atoms with Crippen LogP contribution in [-0.4, -0.2) is 18.9 Å². The molecule has 2 aromatic carbocycles. The first-order valence-electron chi connectivity index (χ1n) is 6.98. The summed E-state index contributed by atoms with van der Waals surface area (Å²) in [7, 11) is 1.55. The summed E-state index contributed by atoms with van der Waals surface area (Å²) >= 11 is 5.95. The largest absolute Gasteiger partial charge is 0.496 e. The Labute approximate surface area is 139 Å². The van der Waals surface area contributed by atoms with Gasteiger partial charge in [-0.1, -0.05) is 11.6 Å². The molecule has 0 bridgehead atoms. The third-order valence-corrected chi connectivity index (χ3v) is 3.32. The maximum Gasteiger partial charge on any atom is 0.228 e. The monoisotopic (exact) mass is 332 g/mol. The van der Waals surface area contributed by atoms with E-state index in [0.29, 0.717) is 27.7 Å². The second-order valence-corrected chi connectivity index (χ2v) is 5.38. The molecule has 0 spiro atoms. The van der Waals surface area contributed by atoms with E-state index in [0.717, 1.165) is 0 Å². The number of amides is 2. The minimum absolute atomic E-state index is 0.144. The lowest BCUT2D eigenvalue weighted by Crippen LogP contribution is -2.15. The summed E-state index contributed by atoms with van der Waals surface area (Å²) in [5.41, 5.74) is 2.03. The Balaban J connectivity index is 2.02. The number of halogens is 1. The van der Waals surface area contributed by atoms with Crippen molar-refractivity contribution >= 4 is 34.8 Å². The van der Waals surface area contributed by atoms with E-state index in [-0.39, 0.29) is 18.2 Å². The topological polar surface area (TPSA) is 67.4 Å². The average molecular weight is 333 g/mol. The van der Waals surface area contributed by atoms with Gasteiger partial charge in [0, 0.05) is 28.9 Å². The van der Waals surface area contributed by atoms with Crippen molar-refractivity contribution in [3.8, 4) is 5.75 Å². The Morgan fingerprint density at radius 3 is 2.22 bits per heavy atom. The first-order valence-corrected chi connectivity index (χ1v) is 7.35. The summed E-state index contributed by atoms with van der Waals surface area (Å²) in [5, 5.41) is 6.00. The highest BCUT2D eigenvalue weighted by Crippen LogP contribution is 2.23. The third kappa shape index (κ3) is 5.00. The molecule has 23 heavy (non-hydrogen) atoms. The van der Waals surface area contributed by atoms with Crippen LogP contribution in [0.2, 0.25) is 5.02 Å². The molecular formula is C17H17ClN2O3. The Morgan fingerprint density at radius 1 is 1.04 bits per heavy atom. The molecule has 120 valence electrons. The highest BCUT2D eigenvalue weighted by Gasteiger charge is 2.10. The summed E-state index contributed by atoms with van der Waals surface area (Å²) < 4.78 is 5.23. The summed E-state index contributed by atoms with van der Waals surface area (Å²) in [6.45, 7) is 1.44. The summed E-state index contributed by atoms with van der Waals surface area (Å²) in [6.07, 6.45) is 0.150. The Kier molecular flexibility index (Phi) is 5.60. The van der Waals surface area contributed by atoms with Crippen molar-refractivity contribution < 1.29 is 14.3 Å². The van der Waals surface area contributed by atoms with Crippen LogP contribution in [0.15, 0.2) is 42.5 Å². The quantitative estimate of drug-likeness (QED) is 0.880. The van der Waals surface area contributed by atoms with E-state index in [1.165, 1.54) is 6.92 Å². The number of benzene rings is 2. The van der Waals surface area contributed by atoms with Crippen molar-refractivity contribution in [1.29, 1.82) is 0 Å². The Hall–Kier alpha value is -2.53. The van der Waals surface area contributed by atoms with Gasteiger partial charge in [0.15, 0.2) is 0 Å². The van der Waals surface area contributed by atoms with Gasteiger partial charge in [-0.15, -0.1) is 0 Å². The van der Waals surface area contributed by atoms with Crippen LogP contribution in [0.25, 0.3) is 0 Å². The molecule has 0 aliphatic rings.